The summed E-state index contributed by atoms with van der Waals surface area (Å²) in [6.45, 7) is 10.9. The van der Waals surface area contributed by atoms with Crippen LogP contribution < -0.4 is 9.47 Å². The fourth-order valence-corrected chi connectivity index (χ4v) is 2.61. The minimum atomic E-state index is -0.500. The maximum absolute atomic E-state index is 10.3. The molecule has 0 fully saturated rings. The first-order valence-corrected chi connectivity index (χ1v) is 9.11. The third-order valence-electron chi connectivity index (χ3n) is 4.22. The Bertz CT molecular complexity index is 470. The molecule has 25 heavy (non-hydrogen) atoms. The molecule has 0 saturated heterocycles. The molecule has 0 aliphatic carbocycles. The van der Waals surface area contributed by atoms with E-state index in [0.29, 0.717) is 31.7 Å². The molecular formula is C20H35NO4. The summed E-state index contributed by atoms with van der Waals surface area (Å²) in [5, 5.41) is 10.3. The number of nitrogens with zero attached hydrogens (tertiary/aromatic N) is 1. The quantitative estimate of drug-likeness (QED) is 0.625. The number of methoxy groups -OCH3 is 2. The fourth-order valence-electron chi connectivity index (χ4n) is 2.61. The molecule has 0 heterocycles. The third-order valence-corrected chi connectivity index (χ3v) is 4.22. The summed E-state index contributed by atoms with van der Waals surface area (Å²) in [5.41, 5.74) is 1.10. The monoisotopic (exact) mass is 353 g/mol. The number of benzene rings is 1. The van der Waals surface area contributed by atoms with Crippen LogP contribution in [-0.2, 0) is 11.3 Å². The number of aliphatic hydroxyl groups is 1. The molecule has 0 radical (unpaired) electrons. The van der Waals surface area contributed by atoms with Gasteiger partial charge >= 0.3 is 0 Å². The predicted molar refractivity (Wildman–Crippen MR) is 101 cm³/mol. The average molecular weight is 354 g/mol. The highest BCUT2D eigenvalue weighted by Gasteiger charge is 2.18. The first-order valence-electron chi connectivity index (χ1n) is 9.11. The van der Waals surface area contributed by atoms with Crippen molar-refractivity contribution in [3.05, 3.63) is 23.8 Å². The Morgan fingerprint density at radius 1 is 1.00 bits per heavy atom. The summed E-state index contributed by atoms with van der Waals surface area (Å²) < 4.78 is 16.3. The van der Waals surface area contributed by atoms with Crippen LogP contribution in [0.5, 0.6) is 11.5 Å². The van der Waals surface area contributed by atoms with Crippen molar-refractivity contribution in [1.29, 1.82) is 0 Å². The predicted octanol–water partition coefficient (Wildman–Crippen LogP) is 3.34. The van der Waals surface area contributed by atoms with Gasteiger partial charge in [0.1, 0.15) is 11.5 Å². The van der Waals surface area contributed by atoms with E-state index < -0.39 is 6.10 Å². The van der Waals surface area contributed by atoms with Crippen LogP contribution in [0.2, 0.25) is 0 Å². The second kappa shape index (κ2) is 11.3. The molecule has 2 unspecified atom stereocenters. The molecule has 0 spiro atoms. The van der Waals surface area contributed by atoms with Crippen molar-refractivity contribution in [1.82, 2.24) is 4.90 Å². The van der Waals surface area contributed by atoms with E-state index in [1.165, 1.54) is 0 Å². The zero-order chi connectivity index (χ0) is 18.8. The highest BCUT2D eigenvalue weighted by molar-refractivity contribution is 5.38. The Kier molecular flexibility index (Phi) is 9.86. The van der Waals surface area contributed by atoms with Gasteiger partial charge in [0.25, 0.3) is 0 Å². The topological polar surface area (TPSA) is 51.2 Å². The SMILES string of the molecule is CCC(C)N(Cc1cc(OC)cc(OC)c1)CC(O)COCC(C)C. The van der Waals surface area contributed by atoms with Crippen LogP contribution in [0.1, 0.15) is 39.7 Å². The normalized spacial score (nSPS) is 14.0. The lowest BCUT2D eigenvalue weighted by Gasteiger charge is -2.30. The van der Waals surface area contributed by atoms with E-state index >= 15 is 0 Å². The van der Waals surface area contributed by atoms with Gasteiger partial charge in [0.2, 0.25) is 0 Å². The second-order valence-corrected chi connectivity index (χ2v) is 6.99. The van der Waals surface area contributed by atoms with E-state index in [1.54, 1.807) is 14.2 Å². The van der Waals surface area contributed by atoms with Crippen LogP contribution in [0.25, 0.3) is 0 Å². The first-order chi connectivity index (χ1) is 11.9. The van der Waals surface area contributed by atoms with Crippen molar-refractivity contribution < 1.29 is 19.3 Å². The molecule has 0 aromatic heterocycles. The molecular weight excluding hydrogens is 318 g/mol. The fraction of sp³-hybridized carbons (Fsp3) is 0.700. The molecule has 5 heteroatoms. The molecule has 0 saturated carbocycles. The number of aliphatic hydroxyl groups excluding tert-OH is 1. The van der Waals surface area contributed by atoms with Gasteiger partial charge in [-0.15, -0.1) is 0 Å². The van der Waals surface area contributed by atoms with E-state index in [-0.39, 0.29) is 0 Å². The molecule has 0 amide bonds. The van der Waals surface area contributed by atoms with Gasteiger partial charge in [-0.25, -0.2) is 0 Å². The van der Waals surface area contributed by atoms with Gasteiger partial charge in [-0.3, -0.25) is 4.90 Å². The molecule has 1 aromatic rings. The third kappa shape index (κ3) is 8.08. The molecule has 0 aliphatic heterocycles. The first kappa shape index (κ1) is 21.7. The largest absolute Gasteiger partial charge is 0.497 e. The standard InChI is InChI=1S/C20H35NO4/c1-7-16(4)21(12-18(22)14-25-13-15(2)3)11-17-8-19(23-5)10-20(9-17)24-6/h8-10,15-16,18,22H,7,11-14H2,1-6H3. The lowest BCUT2D eigenvalue weighted by Crippen LogP contribution is -2.40. The van der Waals surface area contributed by atoms with Gasteiger partial charge in [-0.05, 0) is 37.0 Å². The maximum atomic E-state index is 10.3. The molecule has 5 nitrogen and oxygen atoms in total. The van der Waals surface area contributed by atoms with E-state index in [1.807, 2.05) is 18.2 Å². The van der Waals surface area contributed by atoms with Crippen molar-refractivity contribution >= 4 is 0 Å². The zero-order valence-electron chi connectivity index (χ0n) is 16.6. The average Bonchev–Trinajstić information content (AvgIpc) is 2.59. The molecule has 0 aliphatic rings. The number of ether oxygens (including phenoxy) is 3. The molecule has 1 N–H and O–H groups in total. The van der Waals surface area contributed by atoms with E-state index in [9.17, 15) is 5.11 Å². The summed E-state index contributed by atoms with van der Waals surface area (Å²) in [7, 11) is 3.31. The van der Waals surface area contributed by atoms with Crippen molar-refractivity contribution in [2.75, 3.05) is 34.0 Å². The molecule has 1 rings (SSSR count). The van der Waals surface area contributed by atoms with Crippen LogP contribution >= 0.6 is 0 Å². The summed E-state index contributed by atoms with van der Waals surface area (Å²) in [6.07, 6.45) is 0.515. The van der Waals surface area contributed by atoms with E-state index in [0.717, 1.165) is 30.0 Å². The smallest absolute Gasteiger partial charge is 0.122 e. The molecule has 0 bridgehead atoms. The summed E-state index contributed by atoms with van der Waals surface area (Å²) in [4.78, 5) is 2.28. The Hall–Kier alpha value is -1.30. The Morgan fingerprint density at radius 2 is 1.60 bits per heavy atom. The van der Waals surface area contributed by atoms with Crippen LogP contribution in [0.4, 0.5) is 0 Å². The van der Waals surface area contributed by atoms with Crippen LogP contribution in [-0.4, -0.2) is 56.1 Å². The Morgan fingerprint density at radius 3 is 2.08 bits per heavy atom. The minimum Gasteiger partial charge on any atom is -0.497 e. The number of hydrogen-bond donors (Lipinski definition) is 1. The zero-order valence-corrected chi connectivity index (χ0v) is 16.6. The van der Waals surface area contributed by atoms with Gasteiger partial charge in [-0.2, -0.15) is 0 Å². The maximum Gasteiger partial charge on any atom is 0.122 e. The Balaban J connectivity index is 2.76. The van der Waals surface area contributed by atoms with Crippen molar-refractivity contribution in [2.24, 2.45) is 5.92 Å². The van der Waals surface area contributed by atoms with E-state index in [2.05, 4.69) is 32.6 Å². The molecule has 2 atom stereocenters. The van der Waals surface area contributed by atoms with Crippen LogP contribution in [0.3, 0.4) is 0 Å². The summed E-state index contributed by atoms with van der Waals surface area (Å²) in [5.74, 6) is 2.03. The number of hydrogen-bond acceptors (Lipinski definition) is 5. The van der Waals surface area contributed by atoms with Gasteiger partial charge in [0.05, 0.1) is 26.9 Å². The Labute approximate surface area is 152 Å². The lowest BCUT2D eigenvalue weighted by atomic mass is 10.1. The van der Waals surface area contributed by atoms with Crippen molar-refractivity contribution in [2.45, 2.75) is 52.8 Å². The molecule has 1 aromatic carbocycles. The van der Waals surface area contributed by atoms with Gasteiger partial charge in [0.15, 0.2) is 0 Å². The number of rotatable bonds is 12. The van der Waals surface area contributed by atoms with Crippen LogP contribution in [0.15, 0.2) is 18.2 Å². The van der Waals surface area contributed by atoms with Gasteiger partial charge < -0.3 is 19.3 Å². The highest BCUT2D eigenvalue weighted by atomic mass is 16.5. The van der Waals surface area contributed by atoms with Crippen LogP contribution in [0, 0.1) is 5.92 Å². The summed E-state index contributed by atoms with van der Waals surface area (Å²) >= 11 is 0. The summed E-state index contributed by atoms with van der Waals surface area (Å²) in [6, 6.07) is 6.25. The van der Waals surface area contributed by atoms with Gasteiger partial charge in [0, 0.05) is 31.8 Å². The second-order valence-electron chi connectivity index (χ2n) is 6.99. The van der Waals surface area contributed by atoms with Crippen molar-refractivity contribution in [3.8, 4) is 11.5 Å². The highest BCUT2D eigenvalue weighted by Crippen LogP contribution is 2.24. The van der Waals surface area contributed by atoms with E-state index in [4.69, 9.17) is 14.2 Å². The molecule has 144 valence electrons. The van der Waals surface area contributed by atoms with Gasteiger partial charge in [-0.1, -0.05) is 20.8 Å². The van der Waals surface area contributed by atoms with Crippen molar-refractivity contribution in [3.63, 3.8) is 0 Å². The minimum absolute atomic E-state index is 0.358. The lowest BCUT2D eigenvalue weighted by molar-refractivity contribution is 0.000107.